The number of hydrogen-bond donors (Lipinski definition) is 0. The number of hydrogen-bond acceptors (Lipinski definition) is 2. The van der Waals surface area contributed by atoms with Gasteiger partial charge in [0.1, 0.15) is 17.5 Å². The fourth-order valence-corrected chi connectivity index (χ4v) is 6.08. The van der Waals surface area contributed by atoms with Gasteiger partial charge in [-0.05, 0) is 86.7 Å². The summed E-state index contributed by atoms with van der Waals surface area (Å²) in [5, 5.41) is 1.34. The number of fused-ring (bicyclic) bond motifs is 1. The number of halogens is 4. The van der Waals surface area contributed by atoms with Crippen LogP contribution in [0.3, 0.4) is 0 Å². The monoisotopic (exact) mass is 512 g/mol. The zero-order chi connectivity index (χ0) is 24.7. The van der Waals surface area contributed by atoms with Crippen molar-refractivity contribution in [2.24, 2.45) is 0 Å². The predicted octanol–water partition coefficient (Wildman–Crippen LogP) is 8.19. The van der Waals surface area contributed by atoms with Gasteiger partial charge in [-0.15, -0.1) is 0 Å². The zero-order valence-electron chi connectivity index (χ0n) is 19.4. The summed E-state index contributed by atoms with van der Waals surface area (Å²) in [7, 11) is 0. The van der Waals surface area contributed by atoms with Crippen LogP contribution < -0.4 is 0 Å². The molecule has 1 unspecified atom stereocenters. The molecule has 1 heterocycles. The van der Waals surface area contributed by atoms with Gasteiger partial charge in [0.05, 0.1) is 11.4 Å². The van der Waals surface area contributed by atoms with Crippen molar-refractivity contribution in [3.05, 3.63) is 111 Å². The molecule has 35 heavy (non-hydrogen) atoms. The average Bonchev–Trinajstić information content (AvgIpc) is 3.21. The van der Waals surface area contributed by atoms with Crippen LogP contribution in [0.1, 0.15) is 47.8 Å². The maximum absolute atomic E-state index is 14.3. The molecule has 5 rings (SSSR count). The molecular formula is C28H24ClF3N2S. The average molecular weight is 513 g/mol. The number of aromatic nitrogens is 2. The Hall–Kier alpha value is -2.70. The molecule has 0 saturated heterocycles. The smallest absolute Gasteiger partial charge is 0.173 e. The molecule has 1 aromatic heterocycles. The Balaban J connectivity index is 1.67. The topological polar surface area (TPSA) is 17.8 Å². The summed E-state index contributed by atoms with van der Waals surface area (Å²) in [6, 6.07) is 16.2. The van der Waals surface area contributed by atoms with Crippen LogP contribution in [0.5, 0.6) is 0 Å². The van der Waals surface area contributed by atoms with Gasteiger partial charge in [0.2, 0.25) is 0 Å². The van der Waals surface area contributed by atoms with Crippen molar-refractivity contribution < 1.29 is 13.2 Å². The van der Waals surface area contributed by atoms with E-state index < -0.39 is 11.6 Å². The Bertz CT molecular complexity index is 1380. The van der Waals surface area contributed by atoms with E-state index in [-0.39, 0.29) is 22.5 Å². The minimum Gasteiger partial charge on any atom is -0.291 e. The van der Waals surface area contributed by atoms with E-state index in [1.165, 1.54) is 42.1 Å². The van der Waals surface area contributed by atoms with Gasteiger partial charge in [-0.3, -0.25) is 4.57 Å². The van der Waals surface area contributed by atoms with Crippen LogP contribution >= 0.6 is 23.4 Å². The van der Waals surface area contributed by atoms with E-state index in [0.717, 1.165) is 47.5 Å². The summed E-state index contributed by atoms with van der Waals surface area (Å²) < 4.78 is 44.5. The quantitative estimate of drug-likeness (QED) is 0.251. The normalized spacial score (nSPS) is 17.4. The Morgan fingerprint density at radius 1 is 1.03 bits per heavy atom. The molecule has 0 radical (unpaired) electrons. The van der Waals surface area contributed by atoms with Gasteiger partial charge in [-0.25, -0.2) is 18.2 Å². The van der Waals surface area contributed by atoms with Crippen LogP contribution in [0.25, 0.3) is 5.69 Å². The molecule has 2 nitrogen and oxygen atoms in total. The molecule has 0 spiro atoms. The van der Waals surface area contributed by atoms with Crippen LogP contribution in [0, 0.1) is 24.4 Å². The molecule has 180 valence electrons. The highest BCUT2D eigenvalue weighted by molar-refractivity contribution is 7.98. The van der Waals surface area contributed by atoms with Crippen molar-refractivity contribution in [1.29, 1.82) is 0 Å². The number of nitrogens with zero attached hydrogens (tertiary/aromatic N) is 2. The molecule has 0 fully saturated rings. The van der Waals surface area contributed by atoms with E-state index in [2.05, 4.69) is 13.0 Å². The minimum atomic E-state index is -0.580. The van der Waals surface area contributed by atoms with Gasteiger partial charge in [0.15, 0.2) is 5.16 Å². The van der Waals surface area contributed by atoms with Crippen LogP contribution in [0.4, 0.5) is 13.2 Å². The van der Waals surface area contributed by atoms with Crippen molar-refractivity contribution >= 4 is 23.4 Å². The number of imidazole rings is 1. The molecule has 0 saturated carbocycles. The van der Waals surface area contributed by atoms with E-state index >= 15 is 0 Å². The molecule has 7 heteroatoms. The Morgan fingerprint density at radius 3 is 2.43 bits per heavy atom. The largest absolute Gasteiger partial charge is 0.291 e. The minimum absolute atomic E-state index is 0.0141. The molecular weight excluding hydrogens is 489 g/mol. The lowest BCUT2D eigenvalue weighted by Gasteiger charge is -2.36. The second-order valence-electron chi connectivity index (χ2n) is 9.14. The van der Waals surface area contributed by atoms with Gasteiger partial charge in [0.25, 0.3) is 0 Å². The first-order valence-electron chi connectivity index (χ1n) is 11.5. The highest BCUT2D eigenvalue weighted by Crippen LogP contribution is 2.46. The molecule has 1 aliphatic carbocycles. The van der Waals surface area contributed by atoms with Crippen molar-refractivity contribution in [1.82, 2.24) is 9.55 Å². The molecule has 4 aromatic rings. The maximum Gasteiger partial charge on any atom is 0.173 e. The lowest BCUT2D eigenvalue weighted by Crippen LogP contribution is -2.31. The fourth-order valence-electron chi connectivity index (χ4n) is 4.91. The lowest BCUT2D eigenvalue weighted by atomic mass is 9.71. The number of rotatable bonds is 5. The van der Waals surface area contributed by atoms with Crippen LogP contribution in [0.15, 0.2) is 65.8 Å². The highest BCUT2D eigenvalue weighted by atomic mass is 35.5. The van der Waals surface area contributed by atoms with E-state index in [9.17, 15) is 13.2 Å². The van der Waals surface area contributed by atoms with Gasteiger partial charge in [-0.1, -0.05) is 41.6 Å². The van der Waals surface area contributed by atoms with Crippen LogP contribution in [0.2, 0.25) is 5.02 Å². The maximum atomic E-state index is 14.3. The number of benzene rings is 3. The highest BCUT2D eigenvalue weighted by Gasteiger charge is 2.39. The van der Waals surface area contributed by atoms with Crippen molar-refractivity contribution in [3.8, 4) is 5.69 Å². The Morgan fingerprint density at radius 2 is 1.74 bits per heavy atom. The predicted molar refractivity (Wildman–Crippen MR) is 135 cm³/mol. The molecule has 0 N–H and O–H groups in total. The summed E-state index contributed by atoms with van der Waals surface area (Å²) in [5.41, 5.74) is 4.50. The third kappa shape index (κ3) is 4.38. The van der Waals surface area contributed by atoms with Crippen molar-refractivity contribution in [2.45, 2.75) is 49.4 Å². The molecule has 0 bridgehead atoms. The summed E-state index contributed by atoms with van der Waals surface area (Å²) in [6.45, 7) is 4.18. The first-order valence-corrected chi connectivity index (χ1v) is 12.8. The third-order valence-electron chi connectivity index (χ3n) is 6.82. The SMILES string of the molecule is Cc1cc(C2(C)CCCc3nc(SCc4c(F)cccc4F)n(-c4ccc(F)cc4)c32)ccc1Cl. The standard InChI is InChI=1S/C28H24ClF3N2S/c1-17-15-18(8-13-22(17)29)28(2)14-4-7-25-26(28)34(20-11-9-19(30)10-12-20)27(33-25)35-16-21-23(31)5-3-6-24(21)32/h3,5-6,8-13,15H,4,7,14,16H2,1-2H3. The lowest BCUT2D eigenvalue weighted by molar-refractivity contribution is 0.442. The first-order chi connectivity index (χ1) is 16.8. The van der Waals surface area contributed by atoms with Crippen LogP contribution in [-0.4, -0.2) is 9.55 Å². The summed E-state index contributed by atoms with van der Waals surface area (Å²) in [6.07, 6.45) is 2.66. The van der Waals surface area contributed by atoms with E-state index in [1.807, 2.05) is 23.6 Å². The Labute approximate surface area is 212 Å². The van der Waals surface area contributed by atoms with Gasteiger partial charge >= 0.3 is 0 Å². The van der Waals surface area contributed by atoms with Crippen LogP contribution in [-0.2, 0) is 17.6 Å². The van der Waals surface area contributed by atoms with Crippen molar-refractivity contribution in [2.75, 3.05) is 0 Å². The second-order valence-corrected chi connectivity index (χ2v) is 10.5. The third-order valence-corrected chi connectivity index (χ3v) is 8.21. The number of aryl methyl sites for hydroxylation is 2. The van der Waals surface area contributed by atoms with E-state index in [4.69, 9.17) is 16.6 Å². The fraction of sp³-hybridized carbons (Fsp3) is 0.250. The molecule has 1 atom stereocenters. The van der Waals surface area contributed by atoms with E-state index in [0.29, 0.717) is 10.2 Å². The van der Waals surface area contributed by atoms with Crippen molar-refractivity contribution in [3.63, 3.8) is 0 Å². The molecule has 1 aliphatic rings. The second kappa shape index (κ2) is 9.40. The summed E-state index contributed by atoms with van der Waals surface area (Å²) in [4.78, 5) is 4.95. The Kier molecular flexibility index (Phi) is 6.45. The zero-order valence-corrected chi connectivity index (χ0v) is 21.0. The van der Waals surface area contributed by atoms with Gasteiger partial charge in [-0.2, -0.15) is 0 Å². The van der Waals surface area contributed by atoms with E-state index in [1.54, 1.807) is 12.1 Å². The molecule has 0 amide bonds. The summed E-state index contributed by atoms with van der Waals surface area (Å²) in [5.74, 6) is -1.40. The number of thioether (sulfide) groups is 1. The first kappa shape index (κ1) is 24.0. The van der Waals surface area contributed by atoms with Gasteiger partial charge in [0, 0.05) is 27.4 Å². The molecule has 3 aromatic carbocycles. The summed E-state index contributed by atoms with van der Waals surface area (Å²) >= 11 is 7.60. The van der Waals surface area contributed by atoms with Gasteiger partial charge < -0.3 is 0 Å². The molecule has 0 aliphatic heterocycles.